The van der Waals surface area contributed by atoms with Gasteiger partial charge in [0.2, 0.25) is 0 Å². The molecule has 0 bridgehead atoms. The molecule has 82 valence electrons. The number of anilines is 1. The Morgan fingerprint density at radius 2 is 2.47 bits per heavy atom. The Hall–Kier alpha value is -0.610. The molecule has 0 spiro atoms. The summed E-state index contributed by atoms with van der Waals surface area (Å²) in [6, 6.07) is 6.63. The molecule has 1 N–H and O–H groups in total. The van der Waals surface area contributed by atoms with E-state index in [9.17, 15) is 0 Å². The van der Waals surface area contributed by atoms with E-state index in [4.69, 9.17) is 0 Å². The Balaban J connectivity index is 1.97. The zero-order valence-corrected chi connectivity index (χ0v) is 10.5. The number of hydrogen-bond acceptors (Lipinski definition) is 3. The lowest BCUT2D eigenvalue weighted by molar-refractivity contribution is 0.597. The van der Waals surface area contributed by atoms with Gasteiger partial charge in [0.25, 0.3) is 0 Å². The van der Waals surface area contributed by atoms with E-state index in [-0.39, 0.29) is 0 Å². The monoisotopic (exact) mass is 269 g/mol. The highest BCUT2D eigenvalue weighted by Crippen LogP contribution is 2.15. The van der Waals surface area contributed by atoms with Crippen molar-refractivity contribution in [3.05, 3.63) is 22.8 Å². The van der Waals surface area contributed by atoms with Crippen LogP contribution in [0.4, 0.5) is 5.82 Å². The lowest BCUT2D eigenvalue weighted by atomic mass is 10.2. The van der Waals surface area contributed by atoms with Gasteiger partial charge >= 0.3 is 0 Å². The van der Waals surface area contributed by atoms with Crippen molar-refractivity contribution in [2.75, 3.05) is 25.0 Å². The molecule has 1 atom stereocenters. The van der Waals surface area contributed by atoms with Gasteiger partial charge in [-0.3, -0.25) is 0 Å². The van der Waals surface area contributed by atoms with Crippen molar-refractivity contribution in [3.8, 4) is 0 Å². The standard InChI is InChI=1S/C11H16BrN3/c1-15(8-9-4-3-7-13-9)11-6-2-5-10(12)14-11/h2,5-6,9,13H,3-4,7-8H2,1H3/t9-/m0/s1. The van der Waals surface area contributed by atoms with E-state index in [1.165, 1.54) is 12.8 Å². The molecular formula is C11H16BrN3. The summed E-state index contributed by atoms with van der Waals surface area (Å²) < 4.78 is 0.895. The van der Waals surface area contributed by atoms with E-state index in [1.807, 2.05) is 18.2 Å². The third-order valence-electron chi connectivity index (χ3n) is 2.75. The summed E-state index contributed by atoms with van der Waals surface area (Å²) in [7, 11) is 2.09. The van der Waals surface area contributed by atoms with Gasteiger partial charge < -0.3 is 10.2 Å². The minimum Gasteiger partial charge on any atom is -0.358 e. The molecule has 1 fully saturated rings. The molecule has 3 nitrogen and oxygen atoms in total. The number of likely N-dealkylation sites (N-methyl/N-ethyl adjacent to an activating group) is 1. The van der Waals surface area contributed by atoms with Crippen molar-refractivity contribution in [2.24, 2.45) is 0 Å². The second-order valence-electron chi connectivity index (χ2n) is 3.99. The van der Waals surface area contributed by atoms with Gasteiger partial charge in [0.1, 0.15) is 10.4 Å². The van der Waals surface area contributed by atoms with Gasteiger partial charge in [-0.05, 0) is 47.4 Å². The highest BCUT2D eigenvalue weighted by atomic mass is 79.9. The Kier molecular flexibility index (Phi) is 3.59. The van der Waals surface area contributed by atoms with Crippen LogP contribution in [0.2, 0.25) is 0 Å². The number of hydrogen-bond donors (Lipinski definition) is 1. The quantitative estimate of drug-likeness (QED) is 0.852. The summed E-state index contributed by atoms with van der Waals surface area (Å²) in [4.78, 5) is 6.63. The second kappa shape index (κ2) is 4.94. The maximum absolute atomic E-state index is 4.43. The predicted molar refractivity (Wildman–Crippen MR) is 66.2 cm³/mol. The van der Waals surface area contributed by atoms with E-state index in [0.717, 1.165) is 23.5 Å². The molecule has 0 aliphatic carbocycles. The SMILES string of the molecule is CN(C[C@@H]1CCCN1)c1cccc(Br)n1. The summed E-state index contributed by atoms with van der Waals surface area (Å²) in [6.07, 6.45) is 2.57. The molecular weight excluding hydrogens is 254 g/mol. The van der Waals surface area contributed by atoms with Crippen molar-refractivity contribution in [1.82, 2.24) is 10.3 Å². The lowest BCUT2D eigenvalue weighted by Gasteiger charge is -2.22. The molecule has 1 aliphatic heterocycles. The minimum atomic E-state index is 0.621. The number of nitrogens with zero attached hydrogens (tertiary/aromatic N) is 2. The average Bonchev–Trinajstić information content (AvgIpc) is 2.70. The fourth-order valence-electron chi connectivity index (χ4n) is 1.95. The van der Waals surface area contributed by atoms with Crippen molar-refractivity contribution in [1.29, 1.82) is 0 Å². The molecule has 0 radical (unpaired) electrons. The van der Waals surface area contributed by atoms with E-state index in [1.54, 1.807) is 0 Å². The van der Waals surface area contributed by atoms with E-state index in [0.29, 0.717) is 6.04 Å². The molecule has 2 rings (SSSR count). The van der Waals surface area contributed by atoms with Gasteiger partial charge in [-0.1, -0.05) is 6.07 Å². The van der Waals surface area contributed by atoms with Crippen molar-refractivity contribution < 1.29 is 0 Å². The normalized spacial score (nSPS) is 20.5. The predicted octanol–water partition coefficient (Wildman–Crippen LogP) is 2.03. The molecule has 0 saturated carbocycles. The fourth-order valence-corrected chi connectivity index (χ4v) is 2.28. The first-order valence-corrected chi connectivity index (χ1v) is 6.12. The van der Waals surface area contributed by atoms with Crippen LogP contribution in [0.15, 0.2) is 22.8 Å². The number of pyridine rings is 1. The summed E-state index contributed by atoms with van der Waals surface area (Å²) >= 11 is 3.39. The summed E-state index contributed by atoms with van der Waals surface area (Å²) in [6.45, 7) is 2.19. The van der Waals surface area contributed by atoms with Crippen molar-refractivity contribution in [2.45, 2.75) is 18.9 Å². The largest absolute Gasteiger partial charge is 0.358 e. The van der Waals surface area contributed by atoms with Gasteiger partial charge in [0.15, 0.2) is 0 Å². The van der Waals surface area contributed by atoms with Crippen LogP contribution in [0.5, 0.6) is 0 Å². The summed E-state index contributed by atoms with van der Waals surface area (Å²) in [5.41, 5.74) is 0. The van der Waals surface area contributed by atoms with Gasteiger partial charge in [-0.25, -0.2) is 4.98 Å². The number of rotatable bonds is 3. The zero-order valence-electron chi connectivity index (χ0n) is 8.91. The van der Waals surface area contributed by atoms with Gasteiger partial charge in [0, 0.05) is 19.6 Å². The Morgan fingerprint density at radius 1 is 1.60 bits per heavy atom. The van der Waals surface area contributed by atoms with Crippen molar-refractivity contribution in [3.63, 3.8) is 0 Å². The molecule has 0 unspecified atom stereocenters. The lowest BCUT2D eigenvalue weighted by Crippen LogP contribution is -2.35. The fraction of sp³-hybridized carbons (Fsp3) is 0.545. The number of nitrogens with one attached hydrogen (secondary N) is 1. The van der Waals surface area contributed by atoms with E-state index in [2.05, 4.69) is 38.2 Å². The summed E-state index contributed by atoms with van der Waals surface area (Å²) in [5.74, 6) is 1.03. The van der Waals surface area contributed by atoms with Gasteiger partial charge in [-0.2, -0.15) is 0 Å². The maximum atomic E-state index is 4.43. The van der Waals surface area contributed by atoms with Gasteiger partial charge in [0.05, 0.1) is 0 Å². The van der Waals surface area contributed by atoms with E-state index >= 15 is 0 Å². The first-order chi connectivity index (χ1) is 7.25. The molecule has 0 aromatic carbocycles. The van der Waals surface area contributed by atoms with Crippen LogP contribution in [0.3, 0.4) is 0 Å². The van der Waals surface area contributed by atoms with Crippen LogP contribution < -0.4 is 10.2 Å². The third-order valence-corrected chi connectivity index (χ3v) is 3.19. The average molecular weight is 270 g/mol. The van der Waals surface area contributed by atoms with Crippen LogP contribution in [0.1, 0.15) is 12.8 Å². The molecule has 1 aromatic heterocycles. The molecule has 15 heavy (non-hydrogen) atoms. The highest BCUT2D eigenvalue weighted by Gasteiger charge is 2.16. The van der Waals surface area contributed by atoms with Crippen LogP contribution in [0.25, 0.3) is 0 Å². The Labute approximate surface area is 99.0 Å². The zero-order chi connectivity index (χ0) is 10.7. The highest BCUT2D eigenvalue weighted by molar-refractivity contribution is 9.10. The second-order valence-corrected chi connectivity index (χ2v) is 4.80. The van der Waals surface area contributed by atoms with Gasteiger partial charge in [-0.15, -0.1) is 0 Å². The molecule has 1 aliphatic rings. The molecule has 1 saturated heterocycles. The first kappa shape index (κ1) is 10.9. The van der Waals surface area contributed by atoms with Crippen LogP contribution in [-0.4, -0.2) is 31.2 Å². The first-order valence-electron chi connectivity index (χ1n) is 5.33. The van der Waals surface area contributed by atoms with E-state index < -0.39 is 0 Å². The molecule has 4 heteroatoms. The molecule has 1 aromatic rings. The maximum Gasteiger partial charge on any atom is 0.129 e. The molecule has 2 heterocycles. The van der Waals surface area contributed by atoms with Crippen LogP contribution >= 0.6 is 15.9 Å². The number of aromatic nitrogens is 1. The molecule has 0 amide bonds. The van der Waals surface area contributed by atoms with Crippen LogP contribution in [0, 0.1) is 0 Å². The van der Waals surface area contributed by atoms with Crippen LogP contribution in [-0.2, 0) is 0 Å². The smallest absolute Gasteiger partial charge is 0.129 e. The topological polar surface area (TPSA) is 28.2 Å². The third kappa shape index (κ3) is 2.92. The Bertz CT molecular complexity index is 323. The number of halogens is 1. The van der Waals surface area contributed by atoms with Crippen molar-refractivity contribution >= 4 is 21.7 Å². The Morgan fingerprint density at radius 3 is 3.13 bits per heavy atom. The summed E-state index contributed by atoms with van der Waals surface area (Å²) in [5, 5.41) is 3.49. The minimum absolute atomic E-state index is 0.621.